The van der Waals surface area contributed by atoms with E-state index in [-0.39, 0.29) is 50.2 Å². The van der Waals surface area contributed by atoms with E-state index in [2.05, 4.69) is 34.9 Å². The Bertz CT molecular complexity index is 1030. The molecule has 1 saturated heterocycles. The number of alkyl carbamates (subject to hydrolysis) is 1. The zero-order valence-corrected chi connectivity index (χ0v) is 19.9. The lowest BCUT2D eigenvalue weighted by atomic mass is 9.98. The van der Waals surface area contributed by atoms with Crippen LogP contribution in [0.5, 0.6) is 0 Å². The van der Waals surface area contributed by atoms with Crippen molar-refractivity contribution in [2.24, 2.45) is 5.92 Å². The highest BCUT2D eigenvalue weighted by Gasteiger charge is 2.31. The van der Waals surface area contributed by atoms with Gasteiger partial charge in [-0.15, -0.1) is 0 Å². The molecule has 1 fully saturated rings. The fourth-order valence-corrected chi connectivity index (χ4v) is 4.92. The first-order valence-electron chi connectivity index (χ1n) is 12.2. The van der Waals surface area contributed by atoms with Gasteiger partial charge in [-0.3, -0.25) is 9.59 Å². The Kier molecular flexibility index (Phi) is 8.02. The quantitative estimate of drug-likeness (QED) is 0.478. The number of ether oxygens (including phenoxy) is 2. The Balaban J connectivity index is 1.27. The number of rotatable bonds is 10. The molecule has 2 amide bonds. The van der Waals surface area contributed by atoms with E-state index in [9.17, 15) is 14.4 Å². The first kappa shape index (κ1) is 24.7. The lowest BCUT2D eigenvalue weighted by molar-refractivity contribution is -0.141. The number of nitrogens with one attached hydrogen (secondary N) is 2. The zero-order valence-electron chi connectivity index (χ0n) is 19.9. The monoisotopic (exact) mass is 480 g/mol. The van der Waals surface area contributed by atoms with Gasteiger partial charge in [-0.1, -0.05) is 61.9 Å². The van der Waals surface area contributed by atoms with Crippen LogP contribution in [0.3, 0.4) is 0 Å². The maximum Gasteiger partial charge on any atom is 0.407 e. The minimum Gasteiger partial charge on any atom is -0.481 e. The van der Waals surface area contributed by atoms with Crippen LogP contribution in [0.1, 0.15) is 49.7 Å². The predicted molar refractivity (Wildman–Crippen MR) is 130 cm³/mol. The predicted octanol–water partition coefficient (Wildman–Crippen LogP) is 3.69. The van der Waals surface area contributed by atoms with E-state index in [1.54, 1.807) is 0 Å². The largest absolute Gasteiger partial charge is 0.481 e. The van der Waals surface area contributed by atoms with E-state index in [4.69, 9.17) is 14.6 Å². The molecule has 8 heteroatoms. The Morgan fingerprint density at radius 3 is 2.34 bits per heavy atom. The van der Waals surface area contributed by atoms with Gasteiger partial charge in [0.2, 0.25) is 5.91 Å². The second-order valence-corrected chi connectivity index (χ2v) is 9.19. The molecule has 0 saturated carbocycles. The molecule has 2 aliphatic rings. The molecule has 0 radical (unpaired) electrons. The van der Waals surface area contributed by atoms with Crippen LogP contribution in [0.25, 0.3) is 11.1 Å². The highest BCUT2D eigenvalue weighted by atomic mass is 16.5. The molecule has 186 valence electrons. The molecule has 1 heterocycles. The van der Waals surface area contributed by atoms with Crippen LogP contribution in [0.2, 0.25) is 0 Å². The Labute approximate surface area is 205 Å². The molecule has 1 aliphatic heterocycles. The first-order chi connectivity index (χ1) is 17.0. The van der Waals surface area contributed by atoms with Crippen LogP contribution in [-0.4, -0.2) is 55.0 Å². The van der Waals surface area contributed by atoms with Gasteiger partial charge in [0.05, 0.1) is 18.6 Å². The number of aliphatic carboxylic acids is 1. The van der Waals surface area contributed by atoms with E-state index in [0.29, 0.717) is 12.8 Å². The smallest absolute Gasteiger partial charge is 0.407 e. The third kappa shape index (κ3) is 6.00. The van der Waals surface area contributed by atoms with Crippen LogP contribution in [0.4, 0.5) is 4.79 Å². The van der Waals surface area contributed by atoms with Gasteiger partial charge >= 0.3 is 12.1 Å². The van der Waals surface area contributed by atoms with Crippen LogP contribution < -0.4 is 10.6 Å². The third-order valence-electron chi connectivity index (χ3n) is 6.69. The molecule has 3 N–H and O–H groups in total. The third-order valence-corrected chi connectivity index (χ3v) is 6.69. The highest BCUT2D eigenvalue weighted by molar-refractivity contribution is 5.79. The minimum absolute atomic E-state index is 0.0258. The van der Waals surface area contributed by atoms with Gasteiger partial charge < -0.3 is 25.2 Å². The number of carbonyl (C=O) groups excluding carboxylic acids is 2. The Hall–Kier alpha value is -3.39. The van der Waals surface area contributed by atoms with Crippen molar-refractivity contribution in [1.82, 2.24) is 10.6 Å². The van der Waals surface area contributed by atoms with Crippen molar-refractivity contribution >= 4 is 18.0 Å². The first-order valence-corrected chi connectivity index (χ1v) is 12.2. The summed E-state index contributed by atoms with van der Waals surface area (Å²) in [5.74, 6) is -1.65. The van der Waals surface area contributed by atoms with Crippen molar-refractivity contribution in [3.8, 4) is 11.1 Å². The van der Waals surface area contributed by atoms with Crippen molar-refractivity contribution in [2.75, 3.05) is 19.8 Å². The number of hydrogen-bond acceptors (Lipinski definition) is 5. The second kappa shape index (κ2) is 11.4. The summed E-state index contributed by atoms with van der Waals surface area (Å²) >= 11 is 0. The van der Waals surface area contributed by atoms with Crippen LogP contribution >= 0.6 is 0 Å². The molecule has 2 unspecified atom stereocenters. The zero-order chi connectivity index (χ0) is 24.8. The molecule has 0 spiro atoms. The summed E-state index contributed by atoms with van der Waals surface area (Å²) in [6.45, 7) is 2.63. The number of carboxylic acid groups (broad SMARTS) is 1. The summed E-state index contributed by atoms with van der Waals surface area (Å²) in [4.78, 5) is 36.1. The van der Waals surface area contributed by atoms with Gasteiger partial charge in [0.15, 0.2) is 0 Å². The van der Waals surface area contributed by atoms with E-state index in [1.165, 1.54) is 11.1 Å². The van der Waals surface area contributed by atoms with Gasteiger partial charge in [0.1, 0.15) is 6.61 Å². The number of benzene rings is 2. The lowest BCUT2D eigenvalue weighted by Crippen LogP contribution is -2.41. The molecular weight excluding hydrogens is 448 g/mol. The second-order valence-electron chi connectivity index (χ2n) is 9.19. The van der Waals surface area contributed by atoms with Gasteiger partial charge in [0, 0.05) is 24.9 Å². The van der Waals surface area contributed by atoms with Crippen molar-refractivity contribution in [3.05, 3.63) is 59.7 Å². The average molecular weight is 481 g/mol. The van der Waals surface area contributed by atoms with Gasteiger partial charge in [-0.05, 0) is 35.1 Å². The highest BCUT2D eigenvalue weighted by Crippen LogP contribution is 2.44. The summed E-state index contributed by atoms with van der Waals surface area (Å²) < 4.78 is 11.1. The summed E-state index contributed by atoms with van der Waals surface area (Å²) in [7, 11) is 0. The number of hydrogen-bond donors (Lipinski definition) is 3. The average Bonchev–Trinajstić information content (AvgIpc) is 3.45. The fraction of sp³-hybridized carbons (Fsp3) is 0.444. The summed E-state index contributed by atoms with van der Waals surface area (Å²) in [6.07, 6.45) is 1.09. The van der Waals surface area contributed by atoms with Crippen LogP contribution in [0.15, 0.2) is 48.5 Å². The Morgan fingerprint density at radius 1 is 1.09 bits per heavy atom. The standard InChI is InChI=1S/C27H32N2O6/c1-2-7-18(13-25(30)28-14-19-12-17(15-34-19)26(31)32)29-27(33)35-16-24-22-10-5-3-8-20(22)21-9-4-6-11-23(21)24/h3-6,8-11,17-19,24H,2,7,12-16H2,1H3,(H,28,30)(H,29,33)(H,31,32)/t17?,18-,19?/m1/s1. The number of fused-ring (bicyclic) bond motifs is 3. The van der Waals surface area contributed by atoms with Gasteiger partial charge in [0.25, 0.3) is 0 Å². The van der Waals surface area contributed by atoms with E-state index < -0.39 is 18.0 Å². The van der Waals surface area contributed by atoms with Gasteiger partial charge in [-0.25, -0.2) is 4.79 Å². The number of amides is 2. The molecule has 0 aromatic heterocycles. The maximum absolute atomic E-state index is 12.6. The van der Waals surface area contributed by atoms with E-state index in [1.807, 2.05) is 31.2 Å². The van der Waals surface area contributed by atoms with E-state index >= 15 is 0 Å². The molecule has 2 aromatic rings. The minimum atomic E-state index is -0.880. The van der Waals surface area contributed by atoms with Gasteiger partial charge in [-0.2, -0.15) is 0 Å². The summed E-state index contributed by atoms with van der Waals surface area (Å²) in [6, 6.07) is 16.0. The molecule has 3 atom stereocenters. The summed E-state index contributed by atoms with van der Waals surface area (Å²) in [5.41, 5.74) is 4.62. The number of carbonyl (C=O) groups is 3. The molecule has 35 heavy (non-hydrogen) atoms. The number of carboxylic acids is 1. The van der Waals surface area contributed by atoms with Crippen molar-refractivity contribution in [3.63, 3.8) is 0 Å². The van der Waals surface area contributed by atoms with Crippen LogP contribution in [0, 0.1) is 5.92 Å². The fourth-order valence-electron chi connectivity index (χ4n) is 4.92. The summed E-state index contributed by atoms with van der Waals surface area (Å²) in [5, 5.41) is 14.7. The molecule has 1 aliphatic carbocycles. The molecule has 2 aromatic carbocycles. The normalized spacial score (nSPS) is 19.5. The SMILES string of the molecule is CCC[C@H](CC(=O)NCC1CC(C(=O)O)CO1)NC(=O)OCC1c2ccccc2-c2ccccc21. The van der Waals surface area contributed by atoms with Crippen molar-refractivity contribution < 1.29 is 29.0 Å². The topological polar surface area (TPSA) is 114 Å². The van der Waals surface area contributed by atoms with E-state index in [0.717, 1.165) is 17.5 Å². The Morgan fingerprint density at radius 2 is 1.74 bits per heavy atom. The lowest BCUT2D eigenvalue weighted by Gasteiger charge is -2.20. The molecular formula is C27H32N2O6. The maximum atomic E-state index is 12.6. The van der Waals surface area contributed by atoms with Crippen LogP contribution in [-0.2, 0) is 19.1 Å². The van der Waals surface area contributed by atoms with Crippen molar-refractivity contribution in [2.45, 2.75) is 50.7 Å². The van der Waals surface area contributed by atoms with Crippen molar-refractivity contribution in [1.29, 1.82) is 0 Å². The molecule has 0 bridgehead atoms. The molecule has 4 rings (SSSR count). The molecule has 8 nitrogen and oxygen atoms in total.